The van der Waals surface area contributed by atoms with E-state index >= 15 is 0 Å². The smallest absolute Gasteiger partial charge is 0.344 e. The van der Waals surface area contributed by atoms with E-state index < -0.39 is 5.97 Å². The number of ether oxygens (including phenoxy) is 3. The van der Waals surface area contributed by atoms with Crippen LogP contribution in [0.1, 0.15) is 44.6 Å². The van der Waals surface area contributed by atoms with Crippen molar-refractivity contribution in [3.63, 3.8) is 0 Å². The molecule has 3 rings (SSSR count). The molecule has 1 saturated heterocycles. The maximum absolute atomic E-state index is 13.0. The van der Waals surface area contributed by atoms with Crippen LogP contribution < -0.4 is 9.47 Å². The van der Waals surface area contributed by atoms with Gasteiger partial charge in [0.2, 0.25) is 0 Å². The largest absolute Gasteiger partial charge is 0.493 e. The first-order chi connectivity index (χ1) is 14.4. The molecule has 9 heteroatoms. The lowest BCUT2D eigenvalue weighted by molar-refractivity contribution is -0.145. The van der Waals surface area contributed by atoms with Crippen LogP contribution in [0.15, 0.2) is 21.5 Å². The Bertz CT molecular complexity index is 867. The standard InChI is InChI=1S/C21H24BrNO5S2/c1-3-27-18(24)12-28-19-15(22)9-13(10-16(19)26-2)11-17-20(25)23(21(29)30-17)14-7-5-4-6-8-14/h9-11,14H,3-8,12H2,1-2H3/b17-11+. The highest BCUT2D eigenvalue weighted by atomic mass is 79.9. The third kappa shape index (κ3) is 5.36. The van der Waals surface area contributed by atoms with Crippen molar-refractivity contribution in [2.24, 2.45) is 0 Å². The van der Waals surface area contributed by atoms with Crippen molar-refractivity contribution in [1.29, 1.82) is 0 Å². The minimum Gasteiger partial charge on any atom is -0.493 e. The third-order valence-electron chi connectivity index (χ3n) is 4.95. The average molecular weight is 514 g/mol. The first kappa shape index (κ1) is 23.1. The normalized spacial score (nSPS) is 18.8. The van der Waals surface area contributed by atoms with Gasteiger partial charge >= 0.3 is 5.97 Å². The van der Waals surface area contributed by atoms with Gasteiger partial charge in [-0.05, 0) is 59.5 Å². The van der Waals surface area contributed by atoms with Gasteiger partial charge in [0, 0.05) is 6.04 Å². The summed E-state index contributed by atoms with van der Waals surface area (Å²) in [5.41, 5.74) is 0.770. The second-order valence-corrected chi connectivity index (χ2v) is 9.50. The van der Waals surface area contributed by atoms with Gasteiger partial charge in [0.15, 0.2) is 18.1 Å². The lowest BCUT2D eigenvalue weighted by atomic mass is 9.94. The van der Waals surface area contributed by atoms with E-state index in [1.54, 1.807) is 17.9 Å². The molecule has 1 amide bonds. The number of thiocarbonyl (C=S) groups is 1. The van der Waals surface area contributed by atoms with Crippen molar-refractivity contribution in [1.82, 2.24) is 4.90 Å². The van der Waals surface area contributed by atoms with Gasteiger partial charge in [0.05, 0.1) is 23.1 Å². The molecular weight excluding hydrogens is 490 g/mol. The van der Waals surface area contributed by atoms with Gasteiger partial charge in [-0.1, -0.05) is 43.2 Å². The molecule has 0 radical (unpaired) electrons. The number of methoxy groups -OCH3 is 1. The Balaban J connectivity index is 1.79. The SMILES string of the molecule is CCOC(=O)COc1c(Br)cc(/C=C2/SC(=S)N(C3CCCCC3)C2=O)cc1OC. The number of esters is 1. The molecule has 0 N–H and O–H groups in total. The molecule has 1 aliphatic carbocycles. The molecule has 2 aliphatic rings. The van der Waals surface area contributed by atoms with E-state index in [0.29, 0.717) is 31.8 Å². The Hall–Kier alpha value is -1.58. The van der Waals surface area contributed by atoms with Gasteiger partial charge < -0.3 is 14.2 Å². The molecule has 1 aliphatic heterocycles. The molecule has 0 bridgehead atoms. The number of halogens is 1. The van der Waals surface area contributed by atoms with Crippen molar-refractivity contribution in [3.8, 4) is 11.5 Å². The zero-order valence-corrected chi connectivity index (χ0v) is 20.2. The van der Waals surface area contributed by atoms with Gasteiger partial charge in [-0.15, -0.1) is 0 Å². The van der Waals surface area contributed by atoms with Gasteiger partial charge in [0.1, 0.15) is 4.32 Å². The topological polar surface area (TPSA) is 65.1 Å². The Morgan fingerprint density at radius 2 is 2.07 bits per heavy atom. The monoisotopic (exact) mass is 513 g/mol. The number of amides is 1. The highest BCUT2D eigenvalue weighted by molar-refractivity contribution is 9.10. The molecule has 1 saturated carbocycles. The van der Waals surface area contributed by atoms with Crippen molar-refractivity contribution in [2.45, 2.75) is 45.1 Å². The van der Waals surface area contributed by atoms with Crippen LogP contribution >= 0.6 is 39.9 Å². The quantitative estimate of drug-likeness (QED) is 0.290. The van der Waals surface area contributed by atoms with Gasteiger partial charge in [-0.2, -0.15) is 0 Å². The summed E-state index contributed by atoms with van der Waals surface area (Å²) in [6, 6.07) is 3.78. The number of rotatable bonds is 7. The number of nitrogens with zero attached hydrogens (tertiary/aromatic N) is 1. The molecule has 0 spiro atoms. The number of carbonyl (C=O) groups is 2. The second kappa shape index (κ2) is 10.6. The highest BCUT2D eigenvalue weighted by Gasteiger charge is 2.37. The highest BCUT2D eigenvalue weighted by Crippen LogP contribution is 2.40. The number of carbonyl (C=O) groups excluding carboxylic acids is 2. The summed E-state index contributed by atoms with van der Waals surface area (Å²) in [5.74, 6) is 0.358. The summed E-state index contributed by atoms with van der Waals surface area (Å²) in [6.07, 6.45) is 7.32. The van der Waals surface area contributed by atoms with Crippen LogP contribution in [0.2, 0.25) is 0 Å². The Morgan fingerprint density at radius 1 is 1.33 bits per heavy atom. The summed E-state index contributed by atoms with van der Waals surface area (Å²) in [7, 11) is 1.52. The van der Waals surface area contributed by atoms with Crippen molar-refractivity contribution >= 4 is 62.2 Å². The predicted molar refractivity (Wildman–Crippen MR) is 125 cm³/mol. The lowest BCUT2D eigenvalue weighted by Gasteiger charge is -2.29. The van der Waals surface area contributed by atoms with Crippen molar-refractivity contribution in [2.75, 3.05) is 20.3 Å². The minimum atomic E-state index is -0.457. The summed E-state index contributed by atoms with van der Waals surface area (Å²) >= 11 is 10.3. The zero-order valence-electron chi connectivity index (χ0n) is 16.9. The summed E-state index contributed by atoms with van der Waals surface area (Å²) in [6.45, 7) is 1.81. The summed E-state index contributed by atoms with van der Waals surface area (Å²) < 4.78 is 17.1. The van der Waals surface area contributed by atoms with E-state index in [4.69, 9.17) is 26.4 Å². The maximum Gasteiger partial charge on any atom is 0.344 e. The molecule has 162 valence electrons. The van der Waals surface area contributed by atoms with E-state index in [9.17, 15) is 9.59 Å². The second-order valence-electron chi connectivity index (χ2n) is 6.97. The van der Waals surface area contributed by atoms with Crippen LogP contribution in [0.5, 0.6) is 11.5 Å². The third-order valence-corrected chi connectivity index (χ3v) is 6.87. The molecule has 0 unspecified atom stereocenters. The Labute approximate surface area is 194 Å². The average Bonchev–Trinajstić information content (AvgIpc) is 3.00. The molecule has 0 aromatic heterocycles. The molecular formula is C21H24BrNO5S2. The Morgan fingerprint density at radius 3 is 2.73 bits per heavy atom. The van der Waals surface area contributed by atoms with Crippen LogP contribution in [0.4, 0.5) is 0 Å². The number of hydrogen-bond donors (Lipinski definition) is 0. The van der Waals surface area contributed by atoms with E-state index in [1.165, 1.54) is 25.3 Å². The van der Waals surface area contributed by atoms with Crippen molar-refractivity contribution in [3.05, 3.63) is 27.1 Å². The summed E-state index contributed by atoms with van der Waals surface area (Å²) in [4.78, 5) is 27.0. The van der Waals surface area contributed by atoms with Crippen LogP contribution in [-0.4, -0.2) is 47.5 Å². The van der Waals surface area contributed by atoms with Crippen LogP contribution in [0.3, 0.4) is 0 Å². The van der Waals surface area contributed by atoms with Crippen molar-refractivity contribution < 1.29 is 23.8 Å². The molecule has 1 aromatic rings. The van der Waals surface area contributed by atoms with E-state index in [2.05, 4.69) is 15.9 Å². The first-order valence-corrected chi connectivity index (χ1v) is 11.9. The Kier molecular flexibility index (Phi) is 8.19. The molecule has 1 heterocycles. The number of benzene rings is 1. The van der Waals surface area contributed by atoms with Crippen LogP contribution in [-0.2, 0) is 14.3 Å². The fourth-order valence-corrected chi connectivity index (χ4v) is 5.56. The van der Waals surface area contributed by atoms with Crippen LogP contribution in [0, 0.1) is 0 Å². The molecule has 1 aromatic carbocycles. The fraction of sp³-hybridized carbons (Fsp3) is 0.476. The molecule has 30 heavy (non-hydrogen) atoms. The van der Waals surface area contributed by atoms with Gasteiger partial charge in [-0.25, -0.2) is 4.79 Å². The fourth-order valence-electron chi connectivity index (χ4n) is 3.58. The lowest BCUT2D eigenvalue weighted by Crippen LogP contribution is -2.39. The predicted octanol–water partition coefficient (Wildman–Crippen LogP) is 4.93. The summed E-state index contributed by atoms with van der Waals surface area (Å²) in [5, 5.41) is 0. The van der Waals surface area contributed by atoms with Crippen LogP contribution in [0.25, 0.3) is 6.08 Å². The zero-order chi connectivity index (χ0) is 21.7. The van der Waals surface area contributed by atoms with Gasteiger partial charge in [-0.3, -0.25) is 9.69 Å². The van der Waals surface area contributed by atoms with E-state index in [1.807, 2.05) is 12.1 Å². The minimum absolute atomic E-state index is 0.0328. The molecule has 2 fully saturated rings. The van der Waals surface area contributed by atoms with Gasteiger partial charge in [0.25, 0.3) is 5.91 Å². The molecule has 6 nitrogen and oxygen atoms in total. The number of thioether (sulfide) groups is 1. The molecule has 0 atom stereocenters. The number of hydrogen-bond acceptors (Lipinski definition) is 7. The maximum atomic E-state index is 13.0. The van der Waals surface area contributed by atoms with E-state index in [0.717, 1.165) is 31.2 Å². The van der Waals surface area contributed by atoms with E-state index in [-0.39, 0.29) is 18.6 Å². The first-order valence-electron chi connectivity index (χ1n) is 9.87.